The van der Waals surface area contributed by atoms with E-state index in [1.54, 1.807) is 12.1 Å². The smallest absolute Gasteiger partial charge is 0.313 e. The van der Waals surface area contributed by atoms with Gasteiger partial charge in [-0.3, -0.25) is 0 Å². The quantitative estimate of drug-likeness (QED) is 0.250. The molecule has 0 heterocycles. The van der Waals surface area contributed by atoms with Crippen molar-refractivity contribution in [1.82, 2.24) is 0 Å². The second-order valence-electron chi connectivity index (χ2n) is 8.27. The van der Waals surface area contributed by atoms with Crippen LogP contribution in [0.1, 0.15) is 34.3 Å². The van der Waals surface area contributed by atoms with Crippen molar-refractivity contribution < 1.29 is 9.63 Å². The topological polar surface area (TPSA) is 38.7 Å². The number of rotatable bonds is 8. The van der Waals surface area contributed by atoms with Gasteiger partial charge in [0.15, 0.2) is 0 Å². The maximum Gasteiger partial charge on any atom is 0.365 e. The fourth-order valence-corrected chi connectivity index (χ4v) is 4.64. The number of hydrogen-bond donors (Lipinski definition) is 0. The SMILES string of the molecule is C=CCC1/C(=N\OC(=O)c2ccccc2)CC1(Cc1ccccc1)Cc1ccccc1. The van der Waals surface area contributed by atoms with Gasteiger partial charge in [0.25, 0.3) is 0 Å². The van der Waals surface area contributed by atoms with E-state index in [1.807, 2.05) is 36.4 Å². The van der Waals surface area contributed by atoms with E-state index in [0.29, 0.717) is 5.56 Å². The molecule has 0 N–H and O–H groups in total. The Labute approximate surface area is 184 Å². The first-order chi connectivity index (χ1) is 15.2. The van der Waals surface area contributed by atoms with Crippen molar-refractivity contribution in [3.63, 3.8) is 0 Å². The van der Waals surface area contributed by atoms with Crippen LogP contribution in [-0.4, -0.2) is 11.7 Å². The summed E-state index contributed by atoms with van der Waals surface area (Å²) in [5.74, 6) is -0.233. The van der Waals surface area contributed by atoms with Crippen LogP contribution < -0.4 is 0 Å². The minimum absolute atomic E-state index is 0.0227. The number of oxime groups is 1. The third-order valence-corrected chi connectivity index (χ3v) is 6.13. The van der Waals surface area contributed by atoms with Crippen molar-refractivity contribution in [2.75, 3.05) is 0 Å². The molecule has 0 amide bonds. The predicted molar refractivity (Wildman–Crippen MR) is 125 cm³/mol. The molecule has 1 aliphatic rings. The summed E-state index contributed by atoms with van der Waals surface area (Å²) in [5, 5.41) is 4.30. The summed E-state index contributed by atoms with van der Waals surface area (Å²) in [6, 6.07) is 30.2. The molecule has 3 aromatic carbocycles. The van der Waals surface area contributed by atoms with Crippen LogP contribution in [0.25, 0.3) is 0 Å². The van der Waals surface area contributed by atoms with E-state index in [-0.39, 0.29) is 11.3 Å². The molecule has 3 aromatic rings. The summed E-state index contributed by atoms with van der Waals surface area (Å²) in [4.78, 5) is 17.7. The van der Waals surface area contributed by atoms with Crippen LogP contribution in [0.2, 0.25) is 0 Å². The molecule has 4 rings (SSSR count). The Balaban J connectivity index is 1.58. The zero-order valence-electron chi connectivity index (χ0n) is 17.6. The average Bonchev–Trinajstić information content (AvgIpc) is 2.81. The minimum Gasteiger partial charge on any atom is -0.313 e. The first-order valence-corrected chi connectivity index (χ1v) is 10.7. The molecule has 1 fully saturated rings. The average molecular weight is 410 g/mol. The maximum absolute atomic E-state index is 12.3. The van der Waals surface area contributed by atoms with Gasteiger partial charge in [-0.15, -0.1) is 6.58 Å². The number of nitrogens with zero attached hydrogens (tertiary/aromatic N) is 1. The number of carbonyl (C=O) groups excluding carboxylic acids is 1. The highest BCUT2D eigenvalue weighted by Crippen LogP contribution is 2.51. The van der Waals surface area contributed by atoms with E-state index in [9.17, 15) is 4.79 Å². The second kappa shape index (κ2) is 9.57. The van der Waals surface area contributed by atoms with Gasteiger partial charge >= 0.3 is 5.97 Å². The van der Waals surface area contributed by atoms with Gasteiger partial charge in [0, 0.05) is 5.92 Å². The van der Waals surface area contributed by atoms with Gasteiger partial charge in [0.2, 0.25) is 0 Å². The predicted octanol–water partition coefficient (Wildman–Crippen LogP) is 6.27. The summed E-state index contributed by atoms with van der Waals surface area (Å²) in [5.41, 5.74) is 4.09. The van der Waals surface area contributed by atoms with E-state index in [1.165, 1.54) is 11.1 Å². The zero-order chi connectivity index (χ0) is 21.5. The molecule has 1 saturated carbocycles. The van der Waals surface area contributed by atoms with E-state index >= 15 is 0 Å². The standard InChI is InChI=1S/C28H27NO2/c1-2-12-25-26(29-31-27(30)24-17-10-5-11-18-24)21-28(25,19-22-13-6-3-7-14-22)20-23-15-8-4-9-16-23/h2-11,13-18,25H,1,12,19-21H2/b29-26-. The molecule has 3 nitrogen and oxygen atoms in total. The Morgan fingerprint density at radius 1 is 0.903 bits per heavy atom. The van der Waals surface area contributed by atoms with Crippen molar-refractivity contribution in [2.45, 2.75) is 25.7 Å². The van der Waals surface area contributed by atoms with Crippen molar-refractivity contribution >= 4 is 11.7 Å². The number of benzene rings is 3. The highest BCUT2D eigenvalue weighted by atomic mass is 16.7. The Morgan fingerprint density at radius 3 is 1.94 bits per heavy atom. The molecule has 1 atom stereocenters. The van der Waals surface area contributed by atoms with Crippen molar-refractivity contribution in [2.24, 2.45) is 16.5 Å². The van der Waals surface area contributed by atoms with Crippen molar-refractivity contribution in [3.8, 4) is 0 Å². The van der Waals surface area contributed by atoms with Gasteiger partial charge in [-0.05, 0) is 54.4 Å². The Morgan fingerprint density at radius 2 is 1.42 bits per heavy atom. The summed E-state index contributed by atoms with van der Waals surface area (Å²) in [6.07, 6.45) is 5.46. The lowest BCUT2D eigenvalue weighted by molar-refractivity contribution is 0.0489. The summed E-state index contributed by atoms with van der Waals surface area (Å²) in [6.45, 7) is 3.98. The van der Waals surface area contributed by atoms with Crippen LogP contribution in [-0.2, 0) is 17.7 Å². The number of hydrogen-bond acceptors (Lipinski definition) is 3. The number of allylic oxidation sites excluding steroid dienone is 1. The number of carbonyl (C=O) groups is 1. The van der Waals surface area contributed by atoms with Gasteiger partial charge in [0.1, 0.15) is 0 Å². The lowest BCUT2D eigenvalue weighted by atomic mass is 9.53. The molecular weight excluding hydrogens is 382 g/mol. The van der Waals surface area contributed by atoms with Crippen LogP contribution in [0.5, 0.6) is 0 Å². The maximum atomic E-state index is 12.3. The molecule has 0 saturated heterocycles. The Kier molecular flexibility index (Phi) is 6.42. The summed E-state index contributed by atoms with van der Waals surface area (Å²) < 4.78 is 0. The van der Waals surface area contributed by atoms with Crippen molar-refractivity contribution in [1.29, 1.82) is 0 Å². The fourth-order valence-electron chi connectivity index (χ4n) is 4.64. The molecule has 0 aromatic heterocycles. The highest BCUT2D eigenvalue weighted by molar-refractivity contribution is 5.95. The molecule has 31 heavy (non-hydrogen) atoms. The molecule has 0 spiro atoms. The molecular formula is C28H27NO2. The molecule has 156 valence electrons. The van der Waals surface area contributed by atoms with E-state index in [4.69, 9.17) is 4.84 Å². The first-order valence-electron chi connectivity index (χ1n) is 10.7. The molecule has 1 aliphatic carbocycles. The van der Waals surface area contributed by atoms with E-state index in [0.717, 1.165) is 31.4 Å². The van der Waals surface area contributed by atoms with Gasteiger partial charge in [-0.2, -0.15) is 0 Å². The van der Waals surface area contributed by atoms with Crippen LogP contribution in [0.4, 0.5) is 0 Å². The Hall–Kier alpha value is -3.46. The lowest BCUT2D eigenvalue weighted by Crippen LogP contribution is -2.51. The molecule has 0 aliphatic heterocycles. The van der Waals surface area contributed by atoms with Crippen LogP contribution in [0.3, 0.4) is 0 Å². The highest BCUT2D eigenvalue weighted by Gasteiger charge is 2.51. The Bertz CT molecular complexity index is 1000. The van der Waals surface area contributed by atoms with Gasteiger partial charge < -0.3 is 4.84 Å². The first kappa shape index (κ1) is 20.8. The van der Waals surface area contributed by atoms with E-state index in [2.05, 4.69) is 60.3 Å². The van der Waals surface area contributed by atoms with Crippen LogP contribution >= 0.6 is 0 Å². The second-order valence-corrected chi connectivity index (χ2v) is 8.27. The zero-order valence-corrected chi connectivity index (χ0v) is 17.6. The van der Waals surface area contributed by atoms with Gasteiger partial charge in [-0.1, -0.05) is 90.1 Å². The normalized spacial score (nSPS) is 18.2. The monoisotopic (exact) mass is 409 g/mol. The lowest BCUT2D eigenvalue weighted by Gasteiger charge is -2.50. The van der Waals surface area contributed by atoms with Gasteiger partial charge in [0.05, 0.1) is 11.3 Å². The molecule has 1 unspecified atom stereocenters. The molecule has 0 radical (unpaired) electrons. The van der Waals surface area contributed by atoms with Crippen LogP contribution in [0, 0.1) is 11.3 Å². The third kappa shape index (κ3) is 4.83. The fraction of sp³-hybridized carbons (Fsp3) is 0.214. The largest absolute Gasteiger partial charge is 0.365 e. The van der Waals surface area contributed by atoms with Gasteiger partial charge in [-0.25, -0.2) is 4.79 Å². The van der Waals surface area contributed by atoms with E-state index < -0.39 is 5.97 Å². The molecule has 0 bridgehead atoms. The van der Waals surface area contributed by atoms with Crippen molar-refractivity contribution in [3.05, 3.63) is 120 Å². The summed E-state index contributed by atoms with van der Waals surface area (Å²) in [7, 11) is 0. The minimum atomic E-state index is -0.422. The molecule has 3 heteroatoms. The third-order valence-electron chi connectivity index (χ3n) is 6.13. The van der Waals surface area contributed by atoms with Crippen LogP contribution in [0.15, 0.2) is 109 Å². The summed E-state index contributed by atoms with van der Waals surface area (Å²) >= 11 is 0.